The van der Waals surface area contributed by atoms with Gasteiger partial charge in [-0.2, -0.15) is 0 Å². The summed E-state index contributed by atoms with van der Waals surface area (Å²) in [5, 5.41) is 0. The second kappa shape index (κ2) is 4.94. The summed E-state index contributed by atoms with van der Waals surface area (Å²) in [6, 6.07) is 6.21. The lowest BCUT2D eigenvalue weighted by Gasteiger charge is -2.10. The van der Waals surface area contributed by atoms with Crippen molar-refractivity contribution in [1.82, 2.24) is 0 Å². The van der Waals surface area contributed by atoms with Gasteiger partial charge >= 0.3 is 0 Å². The highest BCUT2D eigenvalue weighted by atomic mass is 19.1. The highest BCUT2D eigenvalue weighted by molar-refractivity contribution is 5.19. The SMILES string of the molecule is COCCC(N)c1cccc(F)c1. The maximum atomic E-state index is 12.8. The van der Waals surface area contributed by atoms with Crippen LogP contribution < -0.4 is 5.73 Å². The molecule has 72 valence electrons. The van der Waals surface area contributed by atoms with Crippen molar-refractivity contribution in [3.63, 3.8) is 0 Å². The van der Waals surface area contributed by atoms with E-state index >= 15 is 0 Å². The predicted molar refractivity (Wildman–Crippen MR) is 49.8 cm³/mol. The molecule has 0 bridgehead atoms. The monoisotopic (exact) mass is 183 g/mol. The molecule has 1 aromatic rings. The zero-order valence-electron chi connectivity index (χ0n) is 7.66. The van der Waals surface area contributed by atoms with Crippen LogP contribution in [0.2, 0.25) is 0 Å². The molecule has 0 aliphatic heterocycles. The lowest BCUT2D eigenvalue weighted by molar-refractivity contribution is 0.188. The van der Waals surface area contributed by atoms with Crippen LogP contribution in [0.1, 0.15) is 18.0 Å². The van der Waals surface area contributed by atoms with Gasteiger partial charge in [-0.1, -0.05) is 12.1 Å². The van der Waals surface area contributed by atoms with E-state index in [1.165, 1.54) is 12.1 Å². The number of nitrogens with two attached hydrogens (primary N) is 1. The fourth-order valence-corrected chi connectivity index (χ4v) is 1.15. The van der Waals surface area contributed by atoms with Crippen LogP contribution >= 0.6 is 0 Å². The van der Waals surface area contributed by atoms with Gasteiger partial charge < -0.3 is 10.5 Å². The molecule has 1 rings (SSSR count). The summed E-state index contributed by atoms with van der Waals surface area (Å²) in [5.41, 5.74) is 6.62. The second-order valence-electron chi connectivity index (χ2n) is 2.94. The molecule has 0 saturated carbocycles. The fraction of sp³-hybridized carbons (Fsp3) is 0.400. The van der Waals surface area contributed by atoms with Crippen molar-refractivity contribution in [2.75, 3.05) is 13.7 Å². The van der Waals surface area contributed by atoms with Gasteiger partial charge in [0.1, 0.15) is 5.82 Å². The molecule has 1 aromatic carbocycles. The largest absolute Gasteiger partial charge is 0.385 e. The van der Waals surface area contributed by atoms with Crippen molar-refractivity contribution in [1.29, 1.82) is 0 Å². The Hall–Kier alpha value is -0.930. The summed E-state index contributed by atoms with van der Waals surface area (Å²) in [4.78, 5) is 0. The van der Waals surface area contributed by atoms with Crippen LogP contribution in [0.3, 0.4) is 0 Å². The van der Waals surface area contributed by atoms with Crippen LogP contribution in [-0.2, 0) is 4.74 Å². The molecule has 2 nitrogen and oxygen atoms in total. The zero-order chi connectivity index (χ0) is 9.68. The van der Waals surface area contributed by atoms with E-state index in [1.54, 1.807) is 13.2 Å². The highest BCUT2D eigenvalue weighted by Crippen LogP contribution is 2.14. The van der Waals surface area contributed by atoms with Gasteiger partial charge in [0, 0.05) is 19.8 Å². The number of rotatable bonds is 4. The van der Waals surface area contributed by atoms with Crippen LogP contribution in [-0.4, -0.2) is 13.7 Å². The summed E-state index contributed by atoms with van der Waals surface area (Å²) in [7, 11) is 1.62. The van der Waals surface area contributed by atoms with Gasteiger partial charge in [-0.3, -0.25) is 0 Å². The summed E-state index contributed by atoms with van der Waals surface area (Å²) in [6.07, 6.45) is 0.708. The van der Waals surface area contributed by atoms with Gasteiger partial charge in [0.25, 0.3) is 0 Å². The zero-order valence-corrected chi connectivity index (χ0v) is 7.66. The smallest absolute Gasteiger partial charge is 0.123 e. The van der Waals surface area contributed by atoms with Gasteiger partial charge in [-0.05, 0) is 24.1 Å². The predicted octanol–water partition coefficient (Wildman–Crippen LogP) is 1.86. The van der Waals surface area contributed by atoms with Crippen LogP contribution in [0.5, 0.6) is 0 Å². The number of hydrogen-bond donors (Lipinski definition) is 1. The minimum absolute atomic E-state index is 0.143. The molecule has 0 aromatic heterocycles. The van der Waals surface area contributed by atoms with Gasteiger partial charge in [-0.25, -0.2) is 4.39 Å². The van der Waals surface area contributed by atoms with Crippen molar-refractivity contribution in [3.8, 4) is 0 Å². The Labute approximate surface area is 77.5 Å². The molecule has 3 heteroatoms. The molecule has 0 amide bonds. The first-order valence-electron chi connectivity index (χ1n) is 4.24. The van der Waals surface area contributed by atoms with Crippen molar-refractivity contribution >= 4 is 0 Å². The van der Waals surface area contributed by atoms with Gasteiger partial charge in [0.05, 0.1) is 0 Å². The van der Waals surface area contributed by atoms with E-state index in [4.69, 9.17) is 10.5 Å². The third-order valence-corrected chi connectivity index (χ3v) is 1.91. The third kappa shape index (κ3) is 3.13. The second-order valence-corrected chi connectivity index (χ2v) is 2.94. The molecule has 0 fully saturated rings. The van der Waals surface area contributed by atoms with E-state index in [9.17, 15) is 4.39 Å². The topological polar surface area (TPSA) is 35.2 Å². The highest BCUT2D eigenvalue weighted by Gasteiger charge is 2.05. The number of halogens is 1. The van der Waals surface area contributed by atoms with E-state index in [0.29, 0.717) is 13.0 Å². The Morgan fingerprint density at radius 3 is 2.92 bits per heavy atom. The Morgan fingerprint density at radius 2 is 2.31 bits per heavy atom. The summed E-state index contributed by atoms with van der Waals surface area (Å²) < 4.78 is 17.7. The molecule has 0 saturated heterocycles. The van der Waals surface area contributed by atoms with Crippen molar-refractivity contribution in [2.24, 2.45) is 5.73 Å². The standard InChI is InChI=1S/C10H14FNO/c1-13-6-5-10(12)8-3-2-4-9(11)7-8/h2-4,7,10H,5-6,12H2,1H3. The Kier molecular flexibility index (Phi) is 3.86. The van der Waals surface area contributed by atoms with Gasteiger partial charge in [0.15, 0.2) is 0 Å². The van der Waals surface area contributed by atoms with Crippen molar-refractivity contribution < 1.29 is 9.13 Å². The average Bonchev–Trinajstić information content (AvgIpc) is 2.14. The molecule has 13 heavy (non-hydrogen) atoms. The fourth-order valence-electron chi connectivity index (χ4n) is 1.15. The van der Waals surface area contributed by atoms with E-state index < -0.39 is 0 Å². The number of benzene rings is 1. The minimum atomic E-state index is -0.245. The molecule has 0 spiro atoms. The van der Waals surface area contributed by atoms with Crippen molar-refractivity contribution in [3.05, 3.63) is 35.6 Å². The minimum Gasteiger partial charge on any atom is -0.385 e. The Bertz CT molecular complexity index is 265. The first-order chi connectivity index (χ1) is 6.24. The summed E-state index contributed by atoms with van der Waals surface area (Å²) >= 11 is 0. The lowest BCUT2D eigenvalue weighted by atomic mass is 10.1. The molecule has 2 N–H and O–H groups in total. The van der Waals surface area contributed by atoms with Crippen molar-refractivity contribution in [2.45, 2.75) is 12.5 Å². The normalized spacial score (nSPS) is 12.8. The molecular formula is C10H14FNO. The number of hydrogen-bond acceptors (Lipinski definition) is 2. The van der Waals surface area contributed by atoms with E-state index in [0.717, 1.165) is 5.56 Å². The first-order valence-corrected chi connectivity index (χ1v) is 4.24. The lowest BCUT2D eigenvalue weighted by Crippen LogP contribution is -2.12. The molecular weight excluding hydrogens is 169 g/mol. The molecule has 0 heterocycles. The first kappa shape index (κ1) is 10.2. The molecule has 1 unspecified atom stereocenters. The van der Waals surface area contributed by atoms with Gasteiger partial charge in [-0.15, -0.1) is 0 Å². The molecule has 1 atom stereocenters. The maximum Gasteiger partial charge on any atom is 0.123 e. The van der Waals surface area contributed by atoms with E-state index in [2.05, 4.69) is 0 Å². The molecule has 0 aliphatic rings. The third-order valence-electron chi connectivity index (χ3n) is 1.91. The number of methoxy groups -OCH3 is 1. The molecule has 0 radical (unpaired) electrons. The van der Waals surface area contributed by atoms with E-state index in [-0.39, 0.29) is 11.9 Å². The van der Waals surface area contributed by atoms with Gasteiger partial charge in [0.2, 0.25) is 0 Å². The maximum absolute atomic E-state index is 12.8. The Morgan fingerprint density at radius 1 is 1.54 bits per heavy atom. The van der Waals surface area contributed by atoms with Crippen LogP contribution in [0.25, 0.3) is 0 Å². The van der Waals surface area contributed by atoms with Crippen LogP contribution in [0, 0.1) is 5.82 Å². The van der Waals surface area contributed by atoms with E-state index in [1.807, 2.05) is 6.07 Å². The summed E-state index contributed by atoms with van der Waals surface area (Å²) in [6.45, 7) is 0.595. The summed E-state index contributed by atoms with van der Waals surface area (Å²) in [5.74, 6) is -0.245. The Balaban J connectivity index is 2.60. The quantitative estimate of drug-likeness (QED) is 0.773. The van der Waals surface area contributed by atoms with Crippen LogP contribution in [0.4, 0.5) is 4.39 Å². The van der Waals surface area contributed by atoms with Crippen LogP contribution in [0.15, 0.2) is 24.3 Å². The molecule has 0 aliphatic carbocycles. The number of ether oxygens (including phenoxy) is 1. The average molecular weight is 183 g/mol.